The molecule has 1 atom stereocenters. The van der Waals surface area contributed by atoms with Crippen molar-refractivity contribution < 1.29 is 22.4 Å². The number of urea groups is 1. The van der Waals surface area contributed by atoms with Gasteiger partial charge in [-0.15, -0.1) is 0 Å². The van der Waals surface area contributed by atoms with Crippen LogP contribution < -0.4 is 10.6 Å². The van der Waals surface area contributed by atoms with Crippen molar-refractivity contribution in [1.29, 1.82) is 0 Å². The van der Waals surface area contributed by atoms with E-state index in [1.54, 1.807) is 11.0 Å². The number of amides is 3. The molecule has 1 heterocycles. The van der Waals surface area contributed by atoms with Gasteiger partial charge in [0.25, 0.3) is 5.91 Å². The van der Waals surface area contributed by atoms with Crippen molar-refractivity contribution in [3.05, 3.63) is 59.9 Å². The molecular weight excluding hydrogens is 435 g/mol. The van der Waals surface area contributed by atoms with Crippen LogP contribution in [0.5, 0.6) is 0 Å². The van der Waals surface area contributed by atoms with Crippen LogP contribution in [0, 0.1) is 11.7 Å². The van der Waals surface area contributed by atoms with Crippen molar-refractivity contribution in [3.63, 3.8) is 0 Å². The molecule has 10 heteroatoms. The number of hydrogen-bond donors (Lipinski definition) is 2. The van der Waals surface area contributed by atoms with Crippen LogP contribution in [0.2, 0.25) is 0 Å². The first-order chi connectivity index (χ1) is 15.2. The molecule has 2 aromatic carbocycles. The topological polar surface area (TPSA) is 98.8 Å². The third-order valence-corrected chi connectivity index (χ3v) is 7.15. The van der Waals surface area contributed by atoms with Gasteiger partial charge in [0, 0.05) is 45.0 Å². The molecule has 1 aliphatic heterocycles. The normalized spacial score (nSPS) is 16.6. The second kappa shape index (κ2) is 10.1. The summed E-state index contributed by atoms with van der Waals surface area (Å²) < 4.78 is 38.7. The Balaban J connectivity index is 1.55. The number of hydrogen-bond acceptors (Lipinski definition) is 4. The largest absolute Gasteiger partial charge is 0.338 e. The molecule has 0 aliphatic carbocycles. The number of likely N-dealkylation sites (tertiary alicyclic amines) is 1. The Hall–Kier alpha value is -2.98. The average Bonchev–Trinajstić information content (AvgIpc) is 2.77. The van der Waals surface area contributed by atoms with Gasteiger partial charge in [0.1, 0.15) is 5.82 Å². The summed E-state index contributed by atoms with van der Waals surface area (Å²) in [4.78, 5) is 26.8. The summed E-state index contributed by atoms with van der Waals surface area (Å²) in [5.74, 6) is -0.524. The van der Waals surface area contributed by atoms with E-state index in [0.29, 0.717) is 30.9 Å². The van der Waals surface area contributed by atoms with Crippen LogP contribution in [0.25, 0.3) is 0 Å². The highest BCUT2D eigenvalue weighted by Gasteiger charge is 2.25. The number of carbonyl (C=O) groups excluding carboxylic acids is 2. The maximum Gasteiger partial charge on any atom is 0.319 e. The predicted octanol–water partition coefficient (Wildman–Crippen LogP) is 2.75. The van der Waals surface area contributed by atoms with Crippen LogP contribution in [0.4, 0.5) is 14.9 Å². The minimum Gasteiger partial charge on any atom is -0.338 e. The Morgan fingerprint density at radius 2 is 1.88 bits per heavy atom. The van der Waals surface area contributed by atoms with Crippen molar-refractivity contribution in [2.45, 2.75) is 17.7 Å². The van der Waals surface area contributed by atoms with Gasteiger partial charge in [-0.1, -0.05) is 6.07 Å². The van der Waals surface area contributed by atoms with E-state index in [9.17, 15) is 22.4 Å². The Bertz CT molecular complexity index is 1070. The molecule has 2 N–H and O–H groups in total. The Labute approximate surface area is 187 Å². The molecule has 0 aromatic heterocycles. The number of piperidine rings is 1. The zero-order valence-electron chi connectivity index (χ0n) is 18.0. The molecule has 172 valence electrons. The number of sulfonamides is 1. The summed E-state index contributed by atoms with van der Waals surface area (Å²) in [6, 6.07) is 11.1. The van der Waals surface area contributed by atoms with E-state index < -0.39 is 21.9 Å². The summed E-state index contributed by atoms with van der Waals surface area (Å²) in [7, 11) is -0.646. The van der Waals surface area contributed by atoms with Crippen LogP contribution in [0.15, 0.2) is 53.4 Å². The molecule has 3 amide bonds. The SMILES string of the molecule is CN(C)S(=O)(=O)c1ccc(C(=O)N2CCCC(CNC(=O)Nc3cccc(F)c3)C2)cc1. The third-order valence-electron chi connectivity index (χ3n) is 5.32. The predicted molar refractivity (Wildman–Crippen MR) is 119 cm³/mol. The molecule has 0 spiro atoms. The van der Waals surface area contributed by atoms with Crippen molar-refractivity contribution in [2.24, 2.45) is 5.92 Å². The zero-order valence-corrected chi connectivity index (χ0v) is 18.9. The van der Waals surface area contributed by atoms with Gasteiger partial charge in [-0.25, -0.2) is 21.9 Å². The first-order valence-electron chi connectivity index (χ1n) is 10.3. The second-order valence-electron chi connectivity index (χ2n) is 7.92. The molecule has 1 aliphatic rings. The van der Waals surface area contributed by atoms with Gasteiger partial charge in [-0.05, 0) is 61.2 Å². The fraction of sp³-hybridized carbons (Fsp3) is 0.364. The van der Waals surface area contributed by atoms with Crippen LogP contribution >= 0.6 is 0 Å². The second-order valence-corrected chi connectivity index (χ2v) is 10.1. The Morgan fingerprint density at radius 3 is 2.53 bits per heavy atom. The van der Waals surface area contributed by atoms with Gasteiger partial charge < -0.3 is 15.5 Å². The maximum atomic E-state index is 13.2. The summed E-state index contributed by atoms with van der Waals surface area (Å²) in [6.07, 6.45) is 1.67. The average molecular weight is 463 g/mol. The molecule has 0 bridgehead atoms. The van der Waals surface area contributed by atoms with Crippen LogP contribution in [0.1, 0.15) is 23.2 Å². The summed E-state index contributed by atoms with van der Waals surface area (Å²) in [5, 5.41) is 5.36. The number of nitrogens with one attached hydrogen (secondary N) is 2. The molecule has 1 saturated heterocycles. The minimum atomic E-state index is -3.55. The van der Waals surface area contributed by atoms with Crippen molar-refractivity contribution in [3.8, 4) is 0 Å². The molecule has 1 fully saturated rings. The number of benzene rings is 2. The molecule has 0 radical (unpaired) electrons. The summed E-state index contributed by atoms with van der Waals surface area (Å²) >= 11 is 0. The van der Waals surface area contributed by atoms with Gasteiger partial charge in [0.2, 0.25) is 10.0 Å². The lowest BCUT2D eigenvalue weighted by atomic mass is 9.97. The minimum absolute atomic E-state index is 0.0827. The fourth-order valence-electron chi connectivity index (χ4n) is 3.56. The summed E-state index contributed by atoms with van der Waals surface area (Å²) in [6.45, 7) is 1.46. The van der Waals surface area contributed by atoms with E-state index in [-0.39, 0.29) is 16.7 Å². The highest BCUT2D eigenvalue weighted by atomic mass is 32.2. The lowest BCUT2D eigenvalue weighted by molar-refractivity contribution is 0.0675. The molecule has 32 heavy (non-hydrogen) atoms. The molecule has 2 aromatic rings. The highest BCUT2D eigenvalue weighted by molar-refractivity contribution is 7.89. The summed E-state index contributed by atoms with van der Waals surface area (Å²) in [5.41, 5.74) is 0.780. The van der Waals surface area contributed by atoms with Gasteiger partial charge >= 0.3 is 6.03 Å². The van der Waals surface area contributed by atoms with Crippen LogP contribution in [0.3, 0.4) is 0 Å². The first-order valence-corrected chi connectivity index (χ1v) is 11.7. The third kappa shape index (κ3) is 5.83. The zero-order chi connectivity index (χ0) is 23.3. The molecule has 3 rings (SSSR count). The van der Waals surface area contributed by atoms with Gasteiger partial charge in [-0.2, -0.15) is 0 Å². The molecular formula is C22H27FN4O4S. The molecule has 8 nitrogen and oxygen atoms in total. The lowest BCUT2D eigenvalue weighted by Crippen LogP contribution is -2.44. The standard InChI is InChI=1S/C22H27FN4O4S/c1-26(2)32(30,31)20-10-8-17(9-11-20)21(28)27-12-4-5-16(15-27)14-24-22(29)25-19-7-3-6-18(23)13-19/h3,6-11,13,16H,4-5,12,14-15H2,1-2H3,(H2,24,25,29). The quantitative estimate of drug-likeness (QED) is 0.690. The van der Waals surface area contributed by atoms with E-state index in [4.69, 9.17) is 0 Å². The highest BCUT2D eigenvalue weighted by Crippen LogP contribution is 2.20. The number of rotatable bonds is 6. The smallest absolute Gasteiger partial charge is 0.319 e. The molecule has 1 unspecified atom stereocenters. The maximum absolute atomic E-state index is 13.2. The monoisotopic (exact) mass is 462 g/mol. The van der Waals surface area contributed by atoms with Crippen molar-refractivity contribution in [1.82, 2.24) is 14.5 Å². The first kappa shape index (κ1) is 23.7. The van der Waals surface area contributed by atoms with Crippen molar-refractivity contribution >= 4 is 27.6 Å². The lowest BCUT2D eigenvalue weighted by Gasteiger charge is -2.33. The number of halogens is 1. The van der Waals surface area contributed by atoms with Crippen LogP contribution in [-0.2, 0) is 10.0 Å². The van der Waals surface area contributed by atoms with Gasteiger partial charge in [-0.3, -0.25) is 4.79 Å². The molecule has 0 saturated carbocycles. The van der Waals surface area contributed by atoms with E-state index in [1.165, 1.54) is 56.6 Å². The van der Waals surface area contributed by atoms with E-state index in [1.807, 2.05) is 0 Å². The van der Waals surface area contributed by atoms with Gasteiger partial charge in [0.15, 0.2) is 0 Å². The van der Waals surface area contributed by atoms with Gasteiger partial charge in [0.05, 0.1) is 4.90 Å². The Kier molecular flexibility index (Phi) is 7.47. The van der Waals surface area contributed by atoms with E-state index in [0.717, 1.165) is 17.1 Å². The number of carbonyl (C=O) groups is 2. The Morgan fingerprint density at radius 1 is 1.16 bits per heavy atom. The fourth-order valence-corrected chi connectivity index (χ4v) is 4.46. The number of nitrogens with zero attached hydrogens (tertiary/aromatic N) is 2. The van der Waals surface area contributed by atoms with E-state index >= 15 is 0 Å². The van der Waals surface area contributed by atoms with E-state index in [2.05, 4.69) is 10.6 Å². The van der Waals surface area contributed by atoms with Crippen LogP contribution in [-0.4, -0.2) is 63.3 Å². The van der Waals surface area contributed by atoms with Crippen molar-refractivity contribution in [2.75, 3.05) is 39.0 Å². The number of anilines is 1.